The molecule has 1 saturated heterocycles. The summed E-state index contributed by atoms with van der Waals surface area (Å²) in [5.41, 5.74) is 2.29. The van der Waals surface area contributed by atoms with Gasteiger partial charge in [-0.15, -0.1) is 0 Å². The molecule has 5 nitrogen and oxygen atoms in total. The Kier molecular flexibility index (Phi) is 4.65. The topological polar surface area (TPSA) is 50.2 Å². The van der Waals surface area contributed by atoms with E-state index in [2.05, 4.69) is 40.7 Å². The number of likely N-dealkylation sites (tertiary alicyclic amines) is 1. The van der Waals surface area contributed by atoms with Gasteiger partial charge in [0, 0.05) is 26.2 Å². The molecule has 1 aromatic heterocycles. The van der Waals surface area contributed by atoms with Gasteiger partial charge < -0.3 is 4.90 Å². The number of hydrogen-bond acceptors (Lipinski definition) is 2. The fourth-order valence-corrected chi connectivity index (χ4v) is 3.27. The Balaban J connectivity index is 1.61. The molecule has 0 saturated carbocycles. The zero-order chi connectivity index (χ0) is 16.2. The second kappa shape index (κ2) is 6.86. The molecular formula is C18H24N4O. The van der Waals surface area contributed by atoms with E-state index in [4.69, 9.17) is 0 Å². The van der Waals surface area contributed by atoms with Gasteiger partial charge in [0.15, 0.2) is 0 Å². The molecule has 1 aromatic carbocycles. The summed E-state index contributed by atoms with van der Waals surface area (Å²) in [7, 11) is 1.84. The number of aromatic nitrogens is 2. The van der Waals surface area contributed by atoms with Crippen molar-refractivity contribution in [1.29, 1.82) is 0 Å². The molecule has 1 aliphatic heterocycles. The first-order chi connectivity index (χ1) is 11.1. The van der Waals surface area contributed by atoms with Crippen LogP contribution in [0, 0.1) is 6.92 Å². The lowest BCUT2D eigenvalue weighted by Gasteiger charge is -2.21. The smallest absolute Gasteiger partial charge is 0.322 e. The lowest BCUT2D eigenvalue weighted by Crippen LogP contribution is -2.36. The van der Waals surface area contributed by atoms with Crippen LogP contribution < -0.4 is 5.32 Å². The molecule has 0 bridgehead atoms. The van der Waals surface area contributed by atoms with E-state index < -0.39 is 0 Å². The molecule has 1 unspecified atom stereocenters. The fraction of sp³-hybridized carbons (Fsp3) is 0.444. The van der Waals surface area contributed by atoms with Crippen molar-refractivity contribution in [2.24, 2.45) is 7.05 Å². The van der Waals surface area contributed by atoms with Crippen LogP contribution in [0.4, 0.5) is 10.6 Å². The lowest BCUT2D eigenvalue weighted by atomic mass is 9.92. The second-order valence-electron chi connectivity index (χ2n) is 6.25. The summed E-state index contributed by atoms with van der Waals surface area (Å²) >= 11 is 0. The van der Waals surface area contributed by atoms with Crippen molar-refractivity contribution in [2.75, 3.05) is 18.4 Å². The highest BCUT2D eigenvalue weighted by Crippen LogP contribution is 2.28. The second-order valence-corrected chi connectivity index (χ2v) is 6.25. The van der Waals surface area contributed by atoms with Crippen LogP contribution in [0.25, 0.3) is 0 Å². The number of hydrogen-bond donors (Lipinski definition) is 1. The van der Waals surface area contributed by atoms with E-state index >= 15 is 0 Å². The number of benzene rings is 1. The number of anilines is 1. The summed E-state index contributed by atoms with van der Waals surface area (Å²) < 4.78 is 1.71. The maximum absolute atomic E-state index is 12.5. The van der Waals surface area contributed by atoms with E-state index in [9.17, 15) is 4.79 Å². The van der Waals surface area contributed by atoms with Gasteiger partial charge in [0.2, 0.25) is 0 Å². The molecule has 2 aromatic rings. The third-order valence-electron chi connectivity index (χ3n) is 4.52. The molecule has 0 spiro atoms. The quantitative estimate of drug-likeness (QED) is 0.922. The normalized spacial score (nSPS) is 18.5. The van der Waals surface area contributed by atoms with Crippen molar-refractivity contribution in [3.05, 3.63) is 47.7 Å². The van der Waals surface area contributed by atoms with Gasteiger partial charge in [0.1, 0.15) is 5.82 Å². The lowest BCUT2D eigenvalue weighted by molar-refractivity contribution is 0.213. The van der Waals surface area contributed by atoms with Crippen molar-refractivity contribution in [3.8, 4) is 0 Å². The number of carbonyl (C=O) groups is 1. The zero-order valence-electron chi connectivity index (χ0n) is 13.8. The average molecular weight is 312 g/mol. The van der Waals surface area contributed by atoms with E-state index in [1.54, 1.807) is 4.68 Å². The summed E-state index contributed by atoms with van der Waals surface area (Å²) in [6, 6.07) is 12.5. The van der Waals surface area contributed by atoms with Gasteiger partial charge in [-0.25, -0.2) is 4.79 Å². The van der Waals surface area contributed by atoms with Crippen LogP contribution in [0.1, 0.15) is 36.4 Å². The van der Waals surface area contributed by atoms with Crippen molar-refractivity contribution < 1.29 is 4.79 Å². The number of nitrogens with zero attached hydrogens (tertiary/aromatic N) is 3. The number of rotatable bonds is 2. The Morgan fingerprint density at radius 3 is 2.70 bits per heavy atom. The number of urea groups is 1. The maximum atomic E-state index is 12.5. The Hall–Kier alpha value is -2.30. The van der Waals surface area contributed by atoms with Crippen molar-refractivity contribution in [2.45, 2.75) is 32.1 Å². The summed E-state index contributed by atoms with van der Waals surface area (Å²) in [4.78, 5) is 14.4. The summed E-state index contributed by atoms with van der Waals surface area (Å²) in [6.07, 6.45) is 3.19. The minimum Gasteiger partial charge on any atom is -0.324 e. The van der Waals surface area contributed by atoms with Gasteiger partial charge in [-0.1, -0.05) is 30.3 Å². The number of amides is 2. The van der Waals surface area contributed by atoms with Crippen molar-refractivity contribution in [1.82, 2.24) is 14.7 Å². The Morgan fingerprint density at radius 2 is 2.00 bits per heavy atom. The molecule has 2 heterocycles. The molecule has 3 rings (SSSR count). The van der Waals surface area contributed by atoms with E-state index in [0.29, 0.717) is 5.92 Å². The molecule has 1 fully saturated rings. The van der Waals surface area contributed by atoms with E-state index in [1.807, 2.05) is 24.9 Å². The van der Waals surface area contributed by atoms with Crippen LogP contribution in [0.3, 0.4) is 0 Å². The van der Waals surface area contributed by atoms with Gasteiger partial charge in [-0.05, 0) is 37.7 Å². The highest BCUT2D eigenvalue weighted by Gasteiger charge is 2.22. The molecule has 0 aliphatic carbocycles. The first kappa shape index (κ1) is 15.6. The molecule has 0 radical (unpaired) electrons. The Bertz CT molecular complexity index is 665. The number of nitrogens with one attached hydrogen (secondary N) is 1. The SMILES string of the molecule is Cc1cc(NC(=O)N2CCCC(c3ccccc3)CC2)n(C)n1. The highest BCUT2D eigenvalue weighted by atomic mass is 16.2. The summed E-state index contributed by atoms with van der Waals surface area (Å²) in [6.45, 7) is 3.53. The minimum absolute atomic E-state index is 0.0262. The maximum Gasteiger partial charge on any atom is 0.322 e. The third-order valence-corrected chi connectivity index (χ3v) is 4.52. The van der Waals surface area contributed by atoms with E-state index in [0.717, 1.165) is 43.9 Å². The molecule has 5 heteroatoms. The predicted molar refractivity (Wildman–Crippen MR) is 91.6 cm³/mol. The van der Waals surface area contributed by atoms with Crippen LogP contribution in [-0.2, 0) is 7.05 Å². The molecular weight excluding hydrogens is 288 g/mol. The van der Waals surface area contributed by atoms with Gasteiger partial charge in [-0.3, -0.25) is 10.00 Å². The third kappa shape index (κ3) is 3.73. The monoisotopic (exact) mass is 312 g/mol. The van der Waals surface area contributed by atoms with Crippen molar-refractivity contribution >= 4 is 11.8 Å². The molecule has 1 atom stereocenters. The molecule has 122 valence electrons. The number of aryl methyl sites for hydroxylation is 2. The van der Waals surface area contributed by atoms with E-state index in [-0.39, 0.29) is 6.03 Å². The van der Waals surface area contributed by atoms with Gasteiger partial charge in [-0.2, -0.15) is 5.10 Å². The van der Waals surface area contributed by atoms with Crippen LogP contribution >= 0.6 is 0 Å². The number of carbonyl (C=O) groups excluding carboxylic acids is 1. The minimum atomic E-state index is -0.0262. The Morgan fingerprint density at radius 1 is 1.22 bits per heavy atom. The molecule has 23 heavy (non-hydrogen) atoms. The summed E-state index contributed by atoms with van der Waals surface area (Å²) in [5, 5.41) is 7.23. The highest BCUT2D eigenvalue weighted by molar-refractivity contribution is 5.88. The van der Waals surface area contributed by atoms with Crippen LogP contribution in [0.5, 0.6) is 0 Å². The van der Waals surface area contributed by atoms with Gasteiger partial charge >= 0.3 is 6.03 Å². The predicted octanol–water partition coefficient (Wildman–Crippen LogP) is 3.53. The standard InChI is InChI=1S/C18H24N4O/c1-14-13-17(21(2)20-14)19-18(23)22-11-6-9-16(10-12-22)15-7-4-3-5-8-15/h3-5,7-8,13,16H,6,9-12H2,1-2H3,(H,19,23). The van der Waals surface area contributed by atoms with Crippen LogP contribution in [0.15, 0.2) is 36.4 Å². The molecule has 2 amide bonds. The van der Waals surface area contributed by atoms with E-state index in [1.165, 1.54) is 5.56 Å². The molecule has 1 N–H and O–H groups in total. The zero-order valence-corrected chi connectivity index (χ0v) is 13.8. The first-order valence-electron chi connectivity index (χ1n) is 8.25. The van der Waals surface area contributed by atoms with Crippen molar-refractivity contribution in [3.63, 3.8) is 0 Å². The van der Waals surface area contributed by atoms with Gasteiger partial charge in [0.05, 0.1) is 5.69 Å². The van der Waals surface area contributed by atoms with Crippen LogP contribution in [0.2, 0.25) is 0 Å². The molecule has 1 aliphatic rings. The average Bonchev–Trinajstić information content (AvgIpc) is 2.76. The first-order valence-corrected chi connectivity index (χ1v) is 8.25. The Labute approximate surface area is 137 Å². The van der Waals surface area contributed by atoms with Gasteiger partial charge in [0.25, 0.3) is 0 Å². The summed E-state index contributed by atoms with van der Waals surface area (Å²) in [5.74, 6) is 1.30. The largest absolute Gasteiger partial charge is 0.324 e. The van der Waals surface area contributed by atoms with Crippen LogP contribution in [-0.4, -0.2) is 33.8 Å². The fourth-order valence-electron chi connectivity index (χ4n) is 3.27.